The van der Waals surface area contributed by atoms with Crippen molar-refractivity contribution in [1.82, 2.24) is 24.5 Å². The number of amides is 1. The molecule has 0 saturated carbocycles. The number of hydrogen-bond acceptors (Lipinski definition) is 4. The number of hydrogen-bond donors (Lipinski definition) is 1. The highest BCUT2D eigenvalue weighted by atomic mass is 79.9. The van der Waals surface area contributed by atoms with Gasteiger partial charge in [-0.1, -0.05) is 29.3 Å². The van der Waals surface area contributed by atoms with Crippen LogP contribution in [0.4, 0.5) is 14.7 Å². The molecule has 0 aliphatic rings. The number of benzene rings is 1. The standard InChI is InChI=1S/C16H13BrCl2F2N6O/c1-8-13(17)14(15(20)21)24-27(8)6-12(28)23-16-22-7-26(25-16)5-9-10(18)3-2-4-11(9)19/h2-4,7,15H,5-6H2,1H3,(H,23,25,28). The molecule has 0 unspecified atom stereocenters. The first-order valence-corrected chi connectivity index (χ1v) is 9.44. The second kappa shape index (κ2) is 8.54. The first-order chi connectivity index (χ1) is 13.3. The average Bonchev–Trinajstić information content (AvgIpc) is 3.17. The largest absolute Gasteiger partial charge is 0.292 e. The normalized spacial score (nSPS) is 11.2. The third-order valence-electron chi connectivity index (χ3n) is 3.83. The van der Waals surface area contributed by atoms with Gasteiger partial charge in [-0.15, -0.1) is 5.10 Å². The van der Waals surface area contributed by atoms with Crippen LogP contribution < -0.4 is 5.32 Å². The molecule has 2 aromatic heterocycles. The van der Waals surface area contributed by atoms with Crippen LogP contribution in [0.1, 0.15) is 23.4 Å². The smallest absolute Gasteiger partial charge is 0.283 e. The minimum Gasteiger partial charge on any atom is -0.292 e. The molecule has 0 bridgehead atoms. The highest BCUT2D eigenvalue weighted by Crippen LogP contribution is 2.29. The van der Waals surface area contributed by atoms with E-state index in [2.05, 4.69) is 36.4 Å². The summed E-state index contributed by atoms with van der Waals surface area (Å²) in [5, 5.41) is 11.4. The summed E-state index contributed by atoms with van der Waals surface area (Å²) in [4.78, 5) is 16.2. The molecule has 0 fully saturated rings. The van der Waals surface area contributed by atoms with Crippen molar-refractivity contribution < 1.29 is 13.6 Å². The van der Waals surface area contributed by atoms with E-state index >= 15 is 0 Å². The fourth-order valence-electron chi connectivity index (χ4n) is 2.41. The molecule has 2 heterocycles. The maximum absolute atomic E-state index is 12.9. The molecule has 0 atom stereocenters. The molecule has 28 heavy (non-hydrogen) atoms. The lowest BCUT2D eigenvalue weighted by molar-refractivity contribution is -0.117. The lowest BCUT2D eigenvalue weighted by atomic mass is 10.2. The molecule has 0 saturated heterocycles. The summed E-state index contributed by atoms with van der Waals surface area (Å²) < 4.78 is 28.6. The monoisotopic (exact) mass is 492 g/mol. The highest BCUT2D eigenvalue weighted by molar-refractivity contribution is 9.10. The number of aromatic nitrogens is 5. The Morgan fingerprint density at radius 1 is 1.29 bits per heavy atom. The van der Waals surface area contributed by atoms with Gasteiger partial charge in [0.1, 0.15) is 18.6 Å². The minimum atomic E-state index is -2.74. The molecule has 1 N–H and O–H groups in total. The van der Waals surface area contributed by atoms with Crippen molar-refractivity contribution in [3.8, 4) is 0 Å². The van der Waals surface area contributed by atoms with Gasteiger partial charge in [-0.25, -0.2) is 18.4 Å². The fraction of sp³-hybridized carbons (Fsp3) is 0.250. The van der Waals surface area contributed by atoms with Crippen LogP contribution >= 0.6 is 39.1 Å². The van der Waals surface area contributed by atoms with Crippen molar-refractivity contribution in [3.63, 3.8) is 0 Å². The van der Waals surface area contributed by atoms with Gasteiger partial charge in [0, 0.05) is 15.6 Å². The Bertz CT molecular complexity index is 1000. The minimum absolute atomic E-state index is 0.0612. The number of carbonyl (C=O) groups is 1. The fourth-order valence-corrected chi connectivity index (χ4v) is 3.39. The third kappa shape index (κ3) is 4.50. The van der Waals surface area contributed by atoms with E-state index in [1.54, 1.807) is 25.1 Å². The highest BCUT2D eigenvalue weighted by Gasteiger charge is 2.21. The number of rotatable bonds is 6. The van der Waals surface area contributed by atoms with Crippen LogP contribution in [-0.2, 0) is 17.9 Å². The number of alkyl halides is 2. The van der Waals surface area contributed by atoms with Crippen molar-refractivity contribution in [2.24, 2.45) is 0 Å². The molecule has 0 radical (unpaired) electrons. The lowest BCUT2D eigenvalue weighted by Crippen LogP contribution is -2.21. The van der Waals surface area contributed by atoms with Crippen LogP contribution in [0, 0.1) is 6.92 Å². The Kier molecular flexibility index (Phi) is 6.31. The summed E-state index contributed by atoms with van der Waals surface area (Å²) in [5.41, 5.74) is 0.673. The summed E-state index contributed by atoms with van der Waals surface area (Å²) >= 11 is 15.3. The predicted molar refractivity (Wildman–Crippen MR) is 104 cm³/mol. The molecule has 3 aromatic rings. The molecule has 1 amide bonds. The third-order valence-corrected chi connectivity index (χ3v) is 5.52. The van der Waals surface area contributed by atoms with Gasteiger partial charge in [0.05, 0.1) is 16.7 Å². The Balaban J connectivity index is 1.67. The van der Waals surface area contributed by atoms with E-state index in [0.717, 1.165) is 0 Å². The SMILES string of the molecule is Cc1c(Br)c(C(F)F)nn1CC(=O)Nc1ncn(Cc2c(Cl)cccc2Cl)n1. The van der Waals surface area contributed by atoms with E-state index in [1.807, 2.05) is 0 Å². The van der Waals surface area contributed by atoms with Gasteiger partial charge >= 0.3 is 0 Å². The van der Waals surface area contributed by atoms with Gasteiger partial charge in [-0.3, -0.25) is 14.8 Å². The Hall–Kier alpha value is -2.04. The first kappa shape index (κ1) is 20.7. The van der Waals surface area contributed by atoms with E-state index in [9.17, 15) is 13.6 Å². The predicted octanol–water partition coefficient (Wildman–Crippen LogP) is 4.48. The summed E-state index contributed by atoms with van der Waals surface area (Å²) in [6, 6.07) is 5.15. The van der Waals surface area contributed by atoms with Gasteiger partial charge in [0.2, 0.25) is 11.9 Å². The molecule has 0 aliphatic carbocycles. The zero-order valence-electron chi connectivity index (χ0n) is 14.3. The maximum Gasteiger partial charge on any atom is 0.283 e. The summed E-state index contributed by atoms with van der Waals surface area (Å²) in [6.07, 6.45) is -1.33. The molecule has 148 valence electrons. The molecule has 3 rings (SSSR count). The summed E-state index contributed by atoms with van der Waals surface area (Å²) in [6.45, 7) is 1.59. The van der Waals surface area contributed by atoms with Crippen molar-refractivity contribution in [3.05, 3.63) is 56.0 Å². The molecule has 0 spiro atoms. The topological polar surface area (TPSA) is 77.6 Å². The van der Waals surface area contributed by atoms with Crippen LogP contribution in [0.5, 0.6) is 0 Å². The van der Waals surface area contributed by atoms with Crippen molar-refractivity contribution in [2.45, 2.75) is 26.4 Å². The van der Waals surface area contributed by atoms with Crippen LogP contribution in [-0.4, -0.2) is 30.5 Å². The maximum atomic E-state index is 12.9. The van der Waals surface area contributed by atoms with Gasteiger partial charge in [-0.2, -0.15) is 5.10 Å². The van der Waals surface area contributed by atoms with Crippen molar-refractivity contribution in [1.29, 1.82) is 0 Å². The second-order valence-electron chi connectivity index (χ2n) is 5.76. The molecular weight excluding hydrogens is 481 g/mol. The van der Waals surface area contributed by atoms with E-state index in [0.29, 0.717) is 21.3 Å². The number of nitrogens with zero attached hydrogens (tertiary/aromatic N) is 5. The summed E-state index contributed by atoms with van der Waals surface area (Å²) in [7, 11) is 0. The Morgan fingerprint density at radius 2 is 1.96 bits per heavy atom. The molecule has 0 aliphatic heterocycles. The molecular formula is C16H13BrCl2F2N6O. The van der Waals surface area contributed by atoms with E-state index in [1.165, 1.54) is 15.7 Å². The number of carbonyl (C=O) groups excluding carboxylic acids is 1. The molecule has 12 heteroatoms. The van der Waals surface area contributed by atoms with Gasteiger partial charge in [-0.05, 0) is 35.0 Å². The van der Waals surface area contributed by atoms with Crippen molar-refractivity contribution >= 4 is 51.0 Å². The number of anilines is 1. The number of nitrogens with one attached hydrogen (secondary N) is 1. The van der Waals surface area contributed by atoms with Gasteiger partial charge in [0.15, 0.2) is 0 Å². The van der Waals surface area contributed by atoms with Crippen LogP contribution in [0.15, 0.2) is 29.0 Å². The summed E-state index contributed by atoms with van der Waals surface area (Å²) in [5.74, 6) is -0.446. The Morgan fingerprint density at radius 3 is 2.57 bits per heavy atom. The molecule has 7 nitrogen and oxygen atoms in total. The van der Waals surface area contributed by atoms with Crippen LogP contribution in [0.3, 0.4) is 0 Å². The van der Waals surface area contributed by atoms with Crippen LogP contribution in [0.2, 0.25) is 10.0 Å². The molecule has 1 aromatic carbocycles. The number of halogens is 5. The van der Waals surface area contributed by atoms with E-state index < -0.39 is 18.0 Å². The lowest BCUT2D eigenvalue weighted by Gasteiger charge is -2.06. The quantitative estimate of drug-likeness (QED) is 0.549. The van der Waals surface area contributed by atoms with E-state index in [-0.39, 0.29) is 23.5 Å². The van der Waals surface area contributed by atoms with Gasteiger partial charge in [0.25, 0.3) is 6.43 Å². The average molecular weight is 494 g/mol. The zero-order valence-corrected chi connectivity index (χ0v) is 17.4. The van der Waals surface area contributed by atoms with Gasteiger partial charge < -0.3 is 0 Å². The first-order valence-electron chi connectivity index (χ1n) is 7.89. The van der Waals surface area contributed by atoms with E-state index in [4.69, 9.17) is 23.2 Å². The second-order valence-corrected chi connectivity index (χ2v) is 7.36. The van der Waals surface area contributed by atoms with Crippen LogP contribution in [0.25, 0.3) is 0 Å². The van der Waals surface area contributed by atoms with Crippen molar-refractivity contribution in [2.75, 3.05) is 5.32 Å². The Labute approximate surface area is 176 Å². The zero-order chi connectivity index (χ0) is 20.4.